The summed E-state index contributed by atoms with van der Waals surface area (Å²) in [5.74, 6) is 0. The van der Waals surface area contributed by atoms with Crippen molar-refractivity contribution in [3.05, 3.63) is 11.6 Å². The molecule has 1 nitrogen and oxygen atoms in total. The van der Waals surface area contributed by atoms with Crippen molar-refractivity contribution >= 4 is 0 Å². The van der Waals surface area contributed by atoms with Crippen LogP contribution in [0.3, 0.4) is 0 Å². The maximum Gasteiger partial charge on any atom is 0.0227 e. The highest BCUT2D eigenvalue weighted by Crippen LogP contribution is 2.19. The summed E-state index contributed by atoms with van der Waals surface area (Å²) in [6.45, 7) is 2.01. The van der Waals surface area contributed by atoms with Crippen molar-refractivity contribution in [3.63, 3.8) is 0 Å². The zero-order valence-corrected chi connectivity index (χ0v) is 3.94. The van der Waals surface area contributed by atoms with Gasteiger partial charge in [0.25, 0.3) is 0 Å². The van der Waals surface area contributed by atoms with E-state index < -0.39 is 0 Å². The van der Waals surface area contributed by atoms with Gasteiger partial charge in [0.15, 0.2) is 0 Å². The van der Waals surface area contributed by atoms with Crippen LogP contribution in [0.1, 0.15) is 13.3 Å². The monoisotopic (exact) mass is 83.1 g/mol. The minimum Gasteiger partial charge on any atom is -0.324 e. The summed E-state index contributed by atoms with van der Waals surface area (Å²) in [5.41, 5.74) is 6.84. The number of nitrogens with two attached hydrogens (primary N) is 1. The van der Waals surface area contributed by atoms with Crippen molar-refractivity contribution in [2.75, 3.05) is 0 Å². The molecule has 2 N–H and O–H groups in total. The smallest absolute Gasteiger partial charge is 0.0227 e. The maximum atomic E-state index is 5.43. The molecule has 0 aliphatic heterocycles. The van der Waals surface area contributed by atoms with Crippen molar-refractivity contribution in [1.29, 1.82) is 0 Å². The minimum atomic E-state index is 0.324. The first-order valence-corrected chi connectivity index (χ1v) is 2.25. The van der Waals surface area contributed by atoms with Crippen LogP contribution in [0.4, 0.5) is 0 Å². The van der Waals surface area contributed by atoms with Crippen LogP contribution in [0.15, 0.2) is 11.6 Å². The summed E-state index contributed by atoms with van der Waals surface area (Å²) in [4.78, 5) is 0. The van der Waals surface area contributed by atoms with E-state index in [1.165, 1.54) is 5.57 Å². The zero-order valence-electron chi connectivity index (χ0n) is 3.94. The molecule has 0 saturated carbocycles. The summed E-state index contributed by atoms with van der Waals surface area (Å²) >= 11 is 0. The first-order valence-electron chi connectivity index (χ1n) is 2.25. The van der Waals surface area contributed by atoms with E-state index in [0.717, 1.165) is 6.42 Å². The molecule has 0 spiro atoms. The van der Waals surface area contributed by atoms with Crippen molar-refractivity contribution in [1.82, 2.24) is 0 Å². The largest absolute Gasteiger partial charge is 0.324 e. The molecule has 0 bridgehead atoms. The molecule has 1 unspecified atom stereocenters. The second kappa shape index (κ2) is 1.09. The molecule has 1 atom stereocenters. The standard InChI is InChI=1S/C5H9N/c1-4(6)5-2-3-5/h2,4H,3,6H2,1H3. The quantitative estimate of drug-likeness (QED) is 0.463. The summed E-state index contributed by atoms with van der Waals surface area (Å²) < 4.78 is 0. The molecule has 34 valence electrons. The zero-order chi connectivity index (χ0) is 4.57. The second-order valence-corrected chi connectivity index (χ2v) is 1.77. The van der Waals surface area contributed by atoms with E-state index in [4.69, 9.17) is 5.73 Å². The Bertz CT molecular complexity index is 81.9. The Morgan fingerprint density at radius 1 is 2.00 bits per heavy atom. The Morgan fingerprint density at radius 3 is 2.50 bits per heavy atom. The molecule has 0 radical (unpaired) electrons. The molecule has 6 heavy (non-hydrogen) atoms. The number of hydrogen-bond acceptors (Lipinski definition) is 1. The first kappa shape index (κ1) is 3.88. The molecule has 0 heterocycles. The molecule has 0 fully saturated rings. The Labute approximate surface area is 37.8 Å². The van der Waals surface area contributed by atoms with Gasteiger partial charge in [0.2, 0.25) is 0 Å². The van der Waals surface area contributed by atoms with Crippen LogP contribution >= 0.6 is 0 Å². The van der Waals surface area contributed by atoms with E-state index in [9.17, 15) is 0 Å². The van der Waals surface area contributed by atoms with Crippen molar-refractivity contribution < 1.29 is 0 Å². The van der Waals surface area contributed by atoms with Gasteiger partial charge in [0.1, 0.15) is 0 Å². The minimum absolute atomic E-state index is 0.324. The lowest BCUT2D eigenvalue weighted by Gasteiger charge is -1.91. The number of hydrogen-bond donors (Lipinski definition) is 1. The maximum absolute atomic E-state index is 5.43. The number of allylic oxidation sites excluding steroid dienone is 1. The van der Waals surface area contributed by atoms with Gasteiger partial charge in [-0.15, -0.1) is 0 Å². The summed E-state index contributed by atoms with van der Waals surface area (Å²) in [5, 5.41) is 0. The Kier molecular flexibility index (Phi) is 0.701. The van der Waals surface area contributed by atoms with E-state index in [0.29, 0.717) is 6.04 Å². The van der Waals surface area contributed by atoms with Gasteiger partial charge in [-0.25, -0.2) is 0 Å². The fourth-order valence-electron chi connectivity index (χ4n) is 0.431. The van der Waals surface area contributed by atoms with Crippen LogP contribution in [0.25, 0.3) is 0 Å². The molecule has 0 amide bonds. The van der Waals surface area contributed by atoms with Gasteiger partial charge in [-0.1, -0.05) is 11.6 Å². The summed E-state index contributed by atoms with van der Waals surface area (Å²) in [7, 11) is 0. The predicted molar refractivity (Wildman–Crippen MR) is 26.3 cm³/mol. The molecule has 0 aromatic carbocycles. The van der Waals surface area contributed by atoms with Crippen LogP contribution in [0.2, 0.25) is 0 Å². The van der Waals surface area contributed by atoms with Gasteiger partial charge in [-0.05, 0) is 13.3 Å². The highest BCUT2D eigenvalue weighted by molar-refractivity contribution is 5.26. The molecule has 0 saturated heterocycles. The lowest BCUT2D eigenvalue weighted by atomic mass is 10.3. The van der Waals surface area contributed by atoms with Crippen LogP contribution in [0.5, 0.6) is 0 Å². The second-order valence-electron chi connectivity index (χ2n) is 1.77. The average molecular weight is 83.1 g/mol. The molecule has 1 aliphatic carbocycles. The first-order chi connectivity index (χ1) is 2.80. The van der Waals surface area contributed by atoms with Crippen LogP contribution < -0.4 is 5.73 Å². The summed E-state index contributed by atoms with van der Waals surface area (Å²) in [6.07, 6.45) is 3.32. The van der Waals surface area contributed by atoms with E-state index in [-0.39, 0.29) is 0 Å². The van der Waals surface area contributed by atoms with Gasteiger partial charge >= 0.3 is 0 Å². The SMILES string of the molecule is CC(N)C1=CC1. The van der Waals surface area contributed by atoms with Gasteiger partial charge in [0.05, 0.1) is 0 Å². The van der Waals surface area contributed by atoms with Crippen LogP contribution in [-0.2, 0) is 0 Å². The third kappa shape index (κ3) is 0.601. The van der Waals surface area contributed by atoms with Gasteiger partial charge < -0.3 is 5.73 Å². The molecule has 1 rings (SSSR count). The molecular weight excluding hydrogens is 74.1 g/mol. The average Bonchev–Trinajstić information content (AvgIpc) is 2.06. The molecular formula is C5H9N. The van der Waals surface area contributed by atoms with Crippen molar-refractivity contribution in [3.8, 4) is 0 Å². The third-order valence-electron chi connectivity index (χ3n) is 1.02. The summed E-state index contributed by atoms with van der Waals surface area (Å²) in [6, 6.07) is 0.324. The highest BCUT2D eigenvalue weighted by Gasteiger charge is 2.09. The van der Waals surface area contributed by atoms with Crippen molar-refractivity contribution in [2.24, 2.45) is 5.73 Å². The molecule has 1 aliphatic rings. The van der Waals surface area contributed by atoms with E-state index in [2.05, 4.69) is 6.08 Å². The van der Waals surface area contributed by atoms with Gasteiger partial charge in [-0.2, -0.15) is 0 Å². The van der Waals surface area contributed by atoms with E-state index in [1.54, 1.807) is 0 Å². The van der Waals surface area contributed by atoms with Crippen LogP contribution in [0, 0.1) is 0 Å². The van der Waals surface area contributed by atoms with Gasteiger partial charge in [-0.3, -0.25) is 0 Å². The predicted octanol–water partition coefficient (Wildman–Crippen LogP) is 0.664. The molecule has 0 aromatic rings. The Hall–Kier alpha value is -0.300. The van der Waals surface area contributed by atoms with Crippen molar-refractivity contribution in [2.45, 2.75) is 19.4 Å². The topological polar surface area (TPSA) is 26.0 Å². The lowest BCUT2D eigenvalue weighted by molar-refractivity contribution is 0.887. The Balaban J connectivity index is 2.31. The normalized spacial score (nSPS) is 22.7. The van der Waals surface area contributed by atoms with Gasteiger partial charge in [0, 0.05) is 6.04 Å². The fraction of sp³-hybridized carbons (Fsp3) is 0.600. The van der Waals surface area contributed by atoms with Crippen LogP contribution in [-0.4, -0.2) is 6.04 Å². The van der Waals surface area contributed by atoms with E-state index in [1.807, 2.05) is 6.92 Å². The molecule has 0 aromatic heterocycles. The molecule has 1 heteroatoms. The van der Waals surface area contributed by atoms with E-state index >= 15 is 0 Å². The number of rotatable bonds is 1. The lowest BCUT2D eigenvalue weighted by Crippen LogP contribution is -2.12. The Morgan fingerprint density at radius 2 is 2.50 bits per heavy atom. The third-order valence-corrected chi connectivity index (χ3v) is 1.02. The highest BCUT2D eigenvalue weighted by atomic mass is 14.6. The fourth-order valence-corrected chi connectivity index (χ4v) is 0.431.